The van der Waals surface area contributed by atoms with Crippen molar-refractivity contribution < 1.29 is 22.6 Å². The van der Waals surface area contributed by atoms with E-state index in [1.54, 1.807) is 0 Å². The van der Waals surface area contributed by atoms with Crippen LogP contribution in [0.4, 0.5) is 24.8 Å². The summed E-state index contributed by atoms with van der Waals surface area (Å²) in [6.45, 7) is -2.95. The lowest BCUT2D eigenvalue weighted by molar-refractivity contribution is -0.0528. The lowest BCUT2D eigenvalue weighted by atomic mass is 9.98. The molecule has 2 aromatic rings. The molecule has 0 radical (unpaired) electrons. The highest BCUT2D eigenvalue weighted by Crippen LogP contribution is 2.37. The van der Waals surface area contributed by atoms with Gasteiger partial charge in [0.25, 0.3) is 0 Å². The highest BCUT2D eigenvalue weighted by Gasteiger charge is 2.47. The van der Waals surface area contributed by atoms with Crippen molar-refractivity contribution in [1.82, 2.24) is 25.1 Å². The van der Waals surface area contributed by atoms with Crippen LogP contribution in [-0.2, 0) is 0 Å². The zero-order valence-electron chi connectivity index (χ0n) is 14.5. The van der Waals surface area contributed by atoms with E-state index in [4.69, 9.17) is 4.74 Å². The second kappa shape index (κ2) is 7.22. The van der Waals surface area contributed by atoms with Crippen LogP contribution in [0.2, 0.25) is 0 Å². The lowest BCUT2D eigenvalue weighted by Crippen LogP contribution is -2.52. The van der Waals surface area contributed by atoms with Crippen LogP contribution in [0, 0.1) is 0 Å². The number of aromatic nitrogens is 4. The van der Waals surface area contributed by atoms with E-state index in [1.807, 2.05) is 7.05 Å². The van der Waals surface area contributed by atoms with E-state index < -0.39 is 18.9 Å². The minimum absolute atomic E-state index is 0.125. The number of nitrogens with one attached hydrogen (secondary N) is 2. The summed E-state index contributed by atoms with van der Waals surface area (Å²) >= 11 is 0. The van der Waals surface area contributed by atoms with Crippen LogP contribution in [0.25, 0.3) is 0 Å². The van der Waals surface area contributed by atoms with Crippen molar-refractivity contribution in [3.05, 3.63) is 18.5 Å². The maximum atomic E-state index is 14.7. The molecule has 8 nitrogen and oxygen atoms in total. The lowest BCUT2D eigenvalue weighted by Gasteiger charge is -2.38. The van der Waals surface area contributed by atoms with Gasteiger partial charge in [-0.15, -0.1) is 0 Å². The van der Waals surface area contributed by atoms with E-state index in [1.165, 1.54) is 18.5 Å². The summed E-state index contributed by atoms with van der Waals surface area (Å²) in [5.41, 5.74) is 0. The van der Waals surface area contributed by atoms with E-state index in [2.05, 4.69) is 35.1 Å². The molecule has 0 spiro atoms. The molecule has 4 heterocycles. The molecule has 2 aliphatic rings. The third-order valence-electron chi connectivity index (χ3n) is 5.03. The van der Waals surface area contributed by atoms with Gasteiger partial charge in [-0.2, -0.15) is 18.9 Å². The molecule has 0 saturated carbocycles. The minimum Gasteiger partial charge on any atom is -0.470 e. The second-order valence-electron chi connectivity index (χ2n) is 6.66. The first-order valence-corrected chi connectivity index (χ1v) is 8.61. The fraction of sp³-hybridized carbons (Fsp3) is 0.562. The molecule has 27 heavy (non-hydrogen) atoms. The largest absolute Gasteiger partial charge is 0.470 e. The van der Waals surface area contributed by atoms with Crippen molar-refractivity contribution in [1.29, 1.82) is 0 Å². The first-order valence-electron chi connectivity index (χ1n) is 8.61. The standard InChI is InChI=1S/C16H19F3N6O2/c1-25-8-2-3-9(25)15(17)10(4-8)26-14-7-20-6-12(22-14)21-11-5-13(24-23-11)27-16(18)19/h5-10,15-16H,2-4H2,1H3,(H2,21,22,23,24)/t8-,9+,10-,15-/m1/s1. The molecular formula is C16H19F3N6O2. The Bertz CT molecular complexity index is 791. The first kappa shape index (κ1) is 17.8. The first-order chi connectivity index (χ1) is 13.0. The van der Waals surface area contributed by atoms with E-state index in [0.29, 0.717) is 12.5 Å². The average Bonchev–Trinajstić information content (AvgIpc) is 3.15. The summed E-state index contributed by atoms with van der Waals surface area (Å²) in [6, 6.07) is 1.45. The number of aromatic amines is 1. The molecule has 0 aliphatic carbocycles. The molecule has 2 aliphatic heterocycles. The van der Waals surface area contributed by atoms with E-state index in [-0.39, 0.29) is 29.4 Å². The highest BCUT2D eigenvalue weighted by molar-refractivity contribution is 5.52. The van der Waals surface area contributed by atoms with Gasteiger partial charge in [-0.25, -0.2) is 9.49 Å². The normalized spacial score (nSPS) is 27.7. The fourth-order valence-corrected chi connectivity index (χ4v) is 3.74. The van der Waals surface area contributed by atoms with Crippen LogP contribution in [0.5, 0.6) is 11.8 Å². The minimum atomic E-state index is -2.95. The van der Waals surface area contributed by atoms with Gasteiger partial charge in [-0.3, -0.25) is 9.88 Å². The molecule has 0 aromatic carbocycles. The van der Waals surface area contributed by atoms with E-state index >= 15 is 0 Å². The summed E-state index contributed by atoms with van der Waals surface area (Å²) in [4.78, 5) is 10.3. The predicted octanol–water partition coefficient (Wildman–Crippen LogP) is 2.50. The van der Waals surface area contributed by atoms with Gasteiger partial charge in [0.05, 0.1) is 12.4 Å². The maximum Gasteiger partial charge on any atom is 0.388 e. The molecule has 2 bridgehead atoms. The van der Waals surface area contributed by atoms with E-state index in [9.17, 15) is 13.2 Å². The number of nitrogens with zero attached hydrogens (tertiary/aromatic N) is 4. The number of fused-ring (bicyclic) bond motifs is 2. The summed E-state index contributed by atoms with van der Waals surface area (Å²) < 4.78 is 49.1. The Kier molecular flexibility index (Phi) is 4.77. The molecule has 11 heteroatoms. The van der Waals surface area contributed by atoms with Gasteiger partial charge >= 0.3 is 6.61 Å². The molecule has 4 atom stereocenters. The molecule has 2 fully saturated rings. The number of piperidine rings is 1. The number of hydrogen-bond acceptors (Lipinski definition) is 7. The van der Waals surface area contributed by atoms with Gasteiger partial charge in [-0.1, -0.05) is 0 Å². The Morgan fingerprint density at radius 3 is 2.96 bits per heavy atom. The second-order valence-corrected chi connectivity index (χ2v) is 6.66. The summed E-state index contributed by atoms with van der Waals surface area (Å²) in [5, 5.41) is 8.91. The number of ether oxygens (including phenoxy) is 2. The van der Waals surface area contributed by atoms with Crippen LogP contribution in [-0.4, -0.2) is 63.1 Å². The molecule has 2 saturated heterocycles. The van der Waals surface area contributed by atoms with Gasteiger partial charge in [0.1, 0.15) is 6.10 Å². The Morgan fingerprint density at radius 1 is 1.30 bits per heavy atom. The van der Waals surface area contributed by atoms with E-state index in [0.717, 1.165) is 12.8 Å². The molecule has 2 aromatic heterocycles. The molecule has 0 amide bonds. The van der Waals surface area contributed by atoms with Crippen LogP contribution >= 0.6 is 0 Å². The van der Waals surface area contributed by atoms with Crippen LogP contribution in [0.3, 0.4) is 0 Å². The summed E-state index contributed by atoms with van der Waals surface area (Å²) in [5.74, 6) is 0.512. The SMILES string of the molecule is CN1[C@@H]2CC[C@H]1[C@@H](F)[C@H](Oc1cncc(Nc3cc(OC(F)F)[nH]n3)n1)C2. The predicted molar refractivity (Wildman–Crippen MR) is 89.0 cm³/mol. The highest BCUT2D eigenvalue weighted by atomic mass is 19.3. The van der Waals surface area contributed by atoms with Gasteiger partial charge in [0.2, 0.25) is 11.8 Å². The molecular weight excluding hydrogens is 365 g/mol. The number of alkyl halides is 3. The number of H-pyrrole nitrogens is 1. The average molecular weight is 384 g/mol. The van der Waals surface area contributed by atoms with Crippen LogP contribution < -0.4 is 14.8 Å². The van der Waals surface area contributed by atoms with Crippen molar-refractivity contribution >= 4 is 11.6 Å². The Balaban J connectivity index is 1.41. The summed E-state index contributed by atoms with van der Waals surface area (Å²) in [6.07, 6.45) is 3.57. The number of anilines is 2. The van der Waals surface area contributed by atoms with Gasteiger partial charge < -0.3 is 14.8 Å². The summed E-state index contributed by atoms with van der Waals surface area (Å²) in [7, 11) is 1.95. The number of rotatable bonds is 6. The quantitative estimate of drug-likeness (QED) is 0.791. The van der Waals surface area contributed by atoms with Gasteiger partial charge in [-0.05, 0) is 19.9 Å². The maximum absolute atomic E-state index is 14.7. The van der Waals surface area contributed by atoms with Gasteiger partial charge in [0.15, 0.2) is 17.8 Å². The smallest absolute Gasteiger partial charge is 0.388 e. The Labute approximate surface area is 153 Å². The molecule has 0 unspecified atom stereocenters. The third-order valence-corrected chi connectivity index (χ3v) is 5.03. The molecule has 146 valence electrons. The zero-order chi connectivity index (χ0) is 19.0. The van der Waals surface area contributed by atoms with Crippen molar-refractivity contribution in [2.45, 2.75) is 50.2 Å². The topological polar surface area (TPSA) is 88.2 Å². The van der Waals surface area contributed by atoms with Crippen molar-refractivity contribution in [3.63, 3.8) is 0 Å². The van der Waals surface area contributed by atoms with Gasteiger partial charge in [0, 0.05) is 24.6 Å². The van der Waals surface area contributed by atoms with Crippen LogP contribution in [0.15, 0.2) is 18.5 Å². The van der Waals surface area contributed by atoms with Crippen molar-refractivity contribution in [3.8, 4) is 11.8 Å². The fourth-order valence-electron chi connectivity index (χ4n) is 3.74. The van der Waals surface area contributed by atoms with Crippen LogP contribution in [0.1, 0.15) is 19.3 Å². The monoisotopic (exact) mass is 384 g/mol. The van der Waals surface area contributed by atoms with Crippen molar-refractivity contribution in [2.75, 3.05) is 12.4 Å². The number of hydrogen-bond donors (Lipinski definition) is 2. The molecule has 2 N–H and O–H groups in total. The Morgan fingerprint density at radius 2 is 2.15 bits per heavy atom. The van der Waals surface area contributed by atoms with Crippen molar-refractivity contribution in [2.24, 2.45) is 0 Å². The zero-order valence-corrected chi connectivity index (χ0v) is 14.5. The third kappa shape index (κ3) is 3.77. The molecule has 4 rings (SSSR count). The number of halogens is 3. The Hall–Kier alpha value is -2.56.